The summed E-state index contributed by atoms with van der Waals surface area (Å²) in [5, 5.41) is 17.0. The summed E-state index contributed by atoms with van der Waals surface area (Å²) < 4.78 is 38.3. The molecule has 3 nitrogen and oxygen atoms in total. The van der Waals surface area contributed by atoms with E-state index in [-0.39, 0.29) is 17.4 Å². The first kappa shape index (κ1) is 12.7. The van der Waals surface area contributed by atoms with Gasteiger partial charge in [0.2, 0.25) is 0 Å². The third kappa shape index (κ3) is 2.43. The van der Waals surface area contributed by atoms with Crippen molar-refractivity contribution in [2.24, 2.45) is 0 Å². The monoisotopic (exact) mass is 238 g/mol. The van der Waals surface area contributed by atoms with Crippen LogP contribution in [0.15, 0.2) is 12.1 Å². The van der Waals surface area contributed by atoms with Gasteiger partial charge in [-0.25, -0.2) is 0 Å². The zero-order valence-electron chi connectivity index (χ0n) is 8.38. The lowest BCUT2D eigenvalue weighted by atomic mass is 9.95. The van der Waals surface area contributed by atoms with Gasteiger partial charge in [-0.05, 0) is 11.6 Å². The number of benzene rings is 1. The van der Waals surface area contributed by atoms with E-state index in [2.05, 4.69) is 0 Å². The van der Waals surface area contributed by atoms with Gasteiger partial charge in [0.05, 0.1) is 29.7 Å². The summed E-state index contributed by atoms with van der Waals surface area (Å²) >= 11 is 0. The molecule has 0 radical (unpaired) electrons. The van der Waals surface area contributed by atoms with Crippen LogP contribution in [0.1, 0.15) is 27.0 Å². The van der Waals surface area contributed by atoms with E-state index in [4.69, 9.17) is 10.5 Å². The number of nitriles is 2. The summed E-state index contributed by atoms with van der Waals surface area (Å²) in [7, 11) is 0. The predicted molar refractivity (Wildman–Crippen MR) is 50.9 cm³/mol. The Labute approximate surface area is 94.7 Å². The van der Waals surface area contributed by atoms with Crippen LogP contribution in [0.4, 0.5) is 13.2 Å². The van der Waals surface area contributed by atoms with Gasteiger partial charge in [-0.1, -0.05) is 6.07 Å². The summed E-state index contributed by atoms with van der Waals surface area (Å²) in [5.74, 6) is 0. The Hall–Kier alpha value is -2.34. The smallest absolute Gasteiger partial charge is 0.298 e. The normalized spacial score (nSPS) is 10.4. The molecule has 0 spiro atoms. The Bertz CT molecular complexity index is 535. The van der Waals surface area contributed by atoms with E-state index in [1.165, 1.54) is 6.07 Å². The first-order valence-electron chi connectivity index (χ1n) is 4.41. The molecule has 0 fully saturated rings. The highest BCUT2D eigenvalue weighted by molar-refractivity contribution is 5.82. The molecule has 1 aromatic rings. The van der Waals surface area contributed by atoms with Crippen molar-refractivity contribution in [3.8, 4) is 12.1 Å². The van der Waals surface area contributed by atoms with Gasteiger partial charge in [0, 0.05) is 5.56 Å². The maximum absolute atomic E-state index is 12.8. The molecule has 0 atom stereocenters. The minimum atomic E-state index is -4.77. The molecule has 0 saturated heterocycles. The number of rotatable bonds is 2. The van der Waals surface area contributed by atoms with Crippen molar-refractivity contribution in [1.82, 2.24) is 0 Å². The molecule has 1 aromatic carbocycles. The van der Waals surface area contributed by atoms with Crippen molar-refractivity contribution in [2.75, 3.05) is 0 Å². The molecule has 0 bridgehead atoms. The molecular formula is C11H5F3N2O. The summed E-state index contributed by atoms with van der Waals surface area (Å²) in [6.45, 7) is 0. The fraction of sp³-hybridized carbons (Fsp3) is 0.182. The van der Waals surface area contributed by atoms with Crippen LogP contribution in [0.2, 0.25) is 0 Å². The van der Waals surface area contributed by atoms with Crippen LogP contribution in [0.5, 0.6) is 0 Å². The summed E-state index contributed by atoms with van der Waals surface area (Å²) in [6.07, 6.45) is -5.25. The van der Waals surface area contributed by atoms with E-state index in [1.54, 1.807) is 6.07 Å². The maximum atomic E-state index is 12.8. The van der Waals surface area contributed by atoms with Crippen LogP contribution < -0.4 is 0 Å². The minimum absolute atomic E-state index is 0.0117. The largest absolute Gasteiger partial charge is 0.417 e. The number of nitrogens with zero attached hydrogens (tertiary/aromatic N) is 2. The highest BCUT2D eigenvalue weighted by atomic mass is 19.4. The van der Waals surface area contributed by atoms with Gasteiger partial charge in [0.15, 0.2) is 6.29 Å². The third-order valence-corrected chi connectivity index (χ3v) is 2.12. The van der Waals surface area contributed by atoms with Crippen LogP contribution in [-0.2, 0) is 12.6 Å². The first-order valence-corrected chi connectivity index (χ1v) is 4.41. The van der Waals surface area contributed by atoms with Crippen molar-refractivity contribution >= 4 is 6.29 Å². The van der Waals surface area contributed by atoms with Gasteiger partial charge in [-0.2, -0.15) is 23.7 Å². The number of hydrogen-bond acceptors (Lipinski definition) is 3. The number of hydrogen-bond donors (Lipinski definition) is 0. The third-order valence-electron chi connectivity index (χ3n) is 2.12. The van der Waals surface area contributed by atoms with Crippen molar-refractivity contribution in [1.29, 1.82) is 10.5 Å². The second-order valence-corrected chi connectivity index (χ2v) is 3.12. The lowest BCUT2D eigenvalue weighted by Gasteiger charge is -2.14. The summed E-state index contributed by atoms with van der Waals surface area (Å²) in [5.41, 5.74) is -2.57. The van der Waals surface area contributed by atoms with Gasteiger partial charge >= 0.3 is 6.18 Å². The Morgan fingerprint density at radius 2 is 1.94 bits per heavy atom. The van der Waals surface area contributed by atoms with Crippen LogP contribution in [0.3, 0.4) is 0 Å². The molecule has 1 rings (SSSR count). The Morgan fingerprint density at radius 3 is 2.35 bits per heavy atom. The second kappa shape index (κ2) is 4.67. The molecule has 17 heavy (non-hydrogen) atoms. The molecular weight excluding hydrogens is 233 g/mol. The zero-order valence-corrected chi connectivity index (χ0v) is 8.38. The molecule has 86 valence electrons. The number of carbonyl (C=O) groups excluding carboxylic acids is 1. The molecule has 0 aliphatic heterocycles. The molecule has 6 heteroatoms. The van der Waals surface area contributed by atoms with Crippen molar-refractivity contribution in [3.05, 3.63) is 34.4 Å². The van der Waals surface area contributed by atoms with E-state index in [0.717, 1.165) is 12.1 Å². The lowest BCUT2D eigenvalue weighted by molar-refractivity contribution is -0.138. The summed E-state index contributed by atoms with van der Waals surface area (Å²) in [6, 6.07) is 5.24. The number of carbonyl (C=O) groups is 1. The molecule has 0 aliphatic carbocycles. The van der Waals surface area contributed by atoms with E-state index < -0.39 is 23.7 Å². The molecule has 0 N–H and O–H groups in total. The molecule has 0 aliphatic rings. The SMILES string of the molecule is N#CCc1ccc(C#N)c(C=O)c1C(F)(F)F. The average molecular weight is 238 g/mol. The van der Waals surface area contributed by atoms with Crippen LogP contribution >= 0.6 is 0 Å². The van der Waals surface area contributed by atoms with Crippen LogP contribution in [0.25, 0.3) is 0 Å². The zero-order chi connectivity index (χ0) is 13.1. The number of alkyl halides is 3. The highest BCUT2D eigenvalue weighted by Gasteiger charge is 2.37. The van der Waals surface area contributed by atoms with E-state index >= 15 is 0 Å². The van der Waals surface area contributed by atoms with Gasteiger partial charge in [-0.15, -0.1) is 0 Å². The topological polar surface area (TPSA) is 64.7 Å². The van der Waals surface area contributed by atoms with Gasteiger partial charge in [-0.3, -0.25) is 4.79 Å². The van der Waals surface area contributed by atoms with E-state index in [1.807, 2.05) is 0 Å². The second-order valence-electron chi connectivity index (χ2n) is 3.12. The average Bonchev–Trinajstić information content (AvgIpc) is 2.27. The quantitative estimate of drug-likeness (QED) is 0.743. The molecule has 0 aromatic heterocycles. The molecule has 0 saturated carbocycles. The Kier molecular flexibility index (Phi) is 3.49. The van der Waals surface area contributed by atoms with Gasteiger partial charge in [0.25, 0.3) is 0 Å². The first-order chi connectivity index (χ1) is 7.95. The predicted octanol–water partition coefficient (Wildman–Crippen LogP) is 2.46. The van der Waals surface area contributed by atoms with Gasteiger partial charge < -0.3 is 0 Å². The van der Waals surface area contributed by atoms with Gasteiger partial charge in [0.1, 0.15) is 0 Å². The highest BCUT2D eigenvalue weighted by Crippen LogP contribution is 2.35. The number of aldehydes is 1. The maximum Gasteiger partial charge on any atom is 0.417 e. The van der Waals surface area contributed by atoms with Crippen LogP contribution in [-0.4, -0.2) is 6.29 Å². The van der Waals surface area contributed by atoms with E-state index in [9.17, 15) is 18.0 Å². The van der Waals surface area contributed by atoms with E-state index in [0.29, 0.717) is 0 Å². The molecule has 0 heterocycles. The van der Waals surface area contributed by atoms with Crippen molar-refractivity contribution in [2.45, 2.75) is 12.6 Å². The van der Waals surface area contributed by atoms with Crippen LogP contribution in [0, 0.1) is 22.7 Å². The molecule has 0 amide bonds. The fourth-order valence-electron chi connectivity index (χ4n) is 1.45. The Morgan fingerprint density at radius 1 is 1.29 bits per heavy atom. The minimum Gasteiger partial charge on any atom is -0.298 e. The fourth-order valence-corrected chi connectivity index (χ4v) is 1.45. The van der Waals surface area contributed by atoms with Crippen molar-refractivity contribution < 1.29 is 18.0 Å². The lowest BCUT2D eigenvalue weighted by Crippen LogP contribution is -2.14. The number of halogens is 3. The summed E-state index contributed by atoms with van der Waals surface area (Å²) in [4.78, 5) is 10.7. The van der Waals surface area contributed by atoms with Crippen molar-refractivity contribution in [3.63, 3.8) is 0 Å². The molecule has 0 unspecified atom stereocenters. The standard InChI is InChI=1S/C11H5F3N2O/c12-11(13,14)10-7(3-4-15)1-2-8(5-16)9(10)6-17/h1-2,6H,3H2. The Balaban J connectivity index is 3.65.